The maximum absolute atomic E-state index is 10.5. The third-order valence-corrected chi connectivity index (χ3v) is 4.09. The van der Waals surface area contributed by atoms with Crippen LogP contribution >= 0.6 is 0 Å². The highest BCUT2D eigenvalue weighted by Gasteiger charge is 2.20. The van der Waals surface area contributed by atoms with Crippen LogP contribution in [0.15, 0.2) is 42.5 Å². The molecular weight excluding hydrogens is 290 g/mol. The number of hydrogen-bond donors (Lipinski definition) is 4. The van der Waals surface area contributed by atoms with Crippen molar-refractivity contribution in [1.29, 1.82) is 0 Å². The summed E-state index contributed by atoms with van der Waals surface area (Å²) < 4.78 is 0. The number of phenols is 2. The van der Waals surface area contributed by atoms with Gasteiger partial charge in [-0.25, -0.2) is 0 Å². The van der Waals surface area contributed by atoms with E-state index in [1.807, 2.05) is 44.2 Å². The summed E-state index contributed by atoms with van der Waals surface area (Å²) in [5, 5.41) is 33.4. The van der Waals surface area contributed by atoms with Crippen molar-refractivity contribution in [2.75, 3.05) is 6.54 Å². The molecule has 4 N–H and O–H groups in total. The molecule has 0 radical (unpaired) electrons. The van der Waals surface area contributed by atoms with Crippen molar-refractivity contribution in [3.63, 3.8) is 0 Å². The second kappa shape index (κ2) is 7.99. The quantitative estimate of drug-likeness (QED) is 0.591. The third kappa shape index (κ3) is 4.24. The Labute approximate surface area is 137 Å². The van der Waals surface area contributed by atoms with Gasteiger partial charge >= 0.3 is 0 Å². The topological polar surface area (TPSA) is 72.7 Å². The van der Waals surface area contributed by atoms with Gasteiger partial charge in [0.25, 0.3) is 0 Å². The van der Waals surface area contributed by atoms with Gasteiger partial charge in [0.1, 0.15) is 0 Å². The smallest absolute Gasteiger partial charge is 0.157 e. The minimum Gasteiger partial charge on any atom is -0.504 e. The zero-order chi connectivity index (χ0) is 16.8. The Morgan fingerprint density at radius 3 is 2.26 bits per heavy atom. The van der Waals surface area contributed by atoms with Crippen molar-refractivity contribution in [2.24, 2.45) is 0 Å². The molecule has 4 nitrogen and oxygen atoms in total. The van der Waals surface area contributed by atoms with E-state index in [9.17, 15) is 15.3 Å². The third-order valence-electron chi connectivity index (χ3n) is 4.09. The molecule has 0 saturated carbocycles. The monoisotopic (exact) mass is 315 g/mol. The van der Waals surface area contributed by atoms with Gasteiger partial charge in [-0.05, 0) is 48.2 Å². The molecule has 0 aliphatic carbocycles. The number of aliphatic hydroxyl groups excluding tert-OH is 1. The first-order valence-corrected chi connectivity index (χ1v) is 8.07. The van der Waals surface area contributed by atoms with Gasteiger partial charge < -0.3 is 20.6 Å². The number of benzene rings is 2. The van der Waals surface area contributed by atoms with Gasteiger partial charge in [0.2, 0.25) is 0 Å². The van der Waals surface area contributed by atoms with Gasteiger partial charge in [-0.3, -0.25) is 0 Å². The Bertz CT molecular complexity index is 628. The molecule has 2 unspecified atom stereocenters. The first kappa shape index (κ1) is 17.3. The Morgan fingerprint density at radius 1 is 1.00 bits per heavy atom. The molecule has 2 rings (SSSR count). The summed E-state index contributed by atoms with van der Waals surface area (Å²) in [6, 6.07) is 12.6. The van der Waals surface area contributed by atoms with Gasteiger partial charge in [-0.2, -0.15) is 0 Å². The van der Waals surface area contributed by atoms with Crippen LogP contribution in [0.25, 0.3) is 0 Å². The zero-order valence-corrected chi connectivity index (χ0v) is 13.7. The molecular formula is C19H25NO3. The number of aryl methyl sites for hydroxylation is 1. The molecule has 0 aromatic heterocycles. The zero-order valence-electron chi connectivity index (χ0n) is 13.7. The predicted octanol–water partition coefficient (Wildman–Crippen LogP) is 3.43. The van der Waals surface area contributed by atoms with Crippen molar-refractivity contribution in [3.8, 4) is 11.5 Å². The van der Waals surface area contributed by atoms with Crippen LogP contribution in [0.2, 0.25) is 0 Å². The summed E-state index contributed by atoms with van der Waals surface area (Å²) in [6.45, 7) is 4.76. The van der Waals surface area contributed by atoms with Crippen LogP contribution in [-0.4, -0.2) is 21.9 Å². The Kier molecular flexibility index (Phi) is 6.02. The lowest BCUT2D eigenvalue weighted by atomic mass is 9.92. The lowest BCUT2D eigenvalue weighted by Crippen LogP contribution is -2.24. The molecule has 0 saturated heterocycles. The van der Waals surface area contributed by atoms with E-state index in [1.54, 1.807) is 12.1 Å². The number of nitrogens with one attached hydrogen (secondary N) is 1. The van der Waals surface area contributed by atoms with Crippen molar-refractivity contribution in [3.05, 3.63) is 59.2 Å². The molecule has 2 atom stereocenters. The Balaban J connectivity index is 2.29. The van der Waals surface area contributed by atoms with E-state index in [2.05, 4.69) is 5.32 Å². The first-order chi connectivity index (χ1) is 11.1. The molecule has 2 aromatic carbocycles. The summed E-state index contributed by atoms with van der Waals surface area (Å²) in [5.41, 5.74) is 2.75. The molecule has 124 valence electrons. The lowest BCUT2D eigenvalue weighted by Gasteiger charge is -2.24. The van der Waals surface area contributed by atoms with Crippen LogP contribution in [-0.2, 0) is 6.42 Å². The van der Waals surface area contributed by atoms with Crippen LogP contribution in [0.3, 0.4) is 0 Å². The first-order valence-electron chi connectivity index (χ1n) is 8.07. The van der Waals surface area contributed by atoms with Crippen molar-refractivity contribution in [2.45, 2.75) is 38.8 Å². The van der Waals surface area contributed by atoms with Crippen molar-refractivity contribution >= 4 is 0 Å². The molecule has 2 aromatic rings. The van der Waals surface area contributed by atoms with E-state index in [0.717, 1.165) is 29.7 Å². The van der Waals surface area contributed by atoms with E-state index < -0.39 is 6.10 Å². The standard InChI is InChI=1S/C19H25NO3/c1-3-13-10-18(22)19(23)11-15(13)16(20-4-2)12-17(21)14-8-6-5-7-9-14/h5-11,16-17,20-23H,3-4,12H2,1-2H3. The average Bonchev–Trinajstić information content (AvgIpc) is 2.57. The molecule has 0 heterocycles. The molecule has 0 aliphatic heterocycles. The van der Waals surface area contributed by atoms with Crippen molar-refractivity contribution in [1.82, 2.24) is 5.32 Å². The largest absolute Gasteiger partial charge is 0.504 e. The predicted molar refractivity (Wildman–Crippen MR) is 91.6 cm³/mol. The van der Waals surface area contributed by atoms with E-state index in [0.29, 0.717) is 6.42 Å². The van der Waals surface area contributed by atoms with E-state index in [1.165, 1.54) is 0 Å². The highest BCUT2D eigenvalue weighted by Crippen LogP contribution is 2.35. The molecule has 0 spiro atoms. The van der Waals surface area contributed by atoms with E-state index in [4.69, 9.17) is 0 Å². The molecule has 0 aliphatic rings. The number of rotatable bonds is 7. The maximum Gasteiger partial charge on any atom is 0.157 e. The second-order valence-electron chi connectivity index (χ2n) is 5.67. The maximum atomic E-state index is 10.5. The van der Waals surface area contributed by atoms with Crippen molar-refractivity contribution < 1.29 is 15.3 Å². The van der Waals surface area contributed by atoms with Gasteiger partial charge in [0, 0.05) is 6.04 Å². The normalized spacial score (nSPS) is 13.7. The number of aliphatic hydroxyl groups is 1. The molecule has 0 bridgehead atoms. The SMILES string of the molecule is CCNC(CC(O)c1ccccc1)c1cc(O)c(O)cc1CC. The summed E-state index contributed by atoms with van der Waals surface area (Å²) >= 11 is 0. The number of aromatic hydroxyl groups is 2. The highest BCUT2D eigenvalue weighted by atomic mass is 16.3. The fraction of sp³-hybridized carbons (Fsp3) is 0.368. The molecule has 0 amide bonds. The summed E-state index contributed by atoms with van der Waals surface area (Å²) in [7, 11) is 0. The van der Waals surface area contributed by atoms with Gasteiger partial charge in [0.15, 0.2) is 11.5 Å². The van der Waals surface area contributed by atoms with Crippen LogP contribution in [0.5, 0.6) is 11.5 Å². The van der Waals surface area contributed by atoms with Crippen LogP contribution in [0.1, 0.15) is 49.1 Å². The Hall–Kier alpha value is -2.04. The molecule has 4 heteroatoms. The Morgan fingerprint density at radius 2 is 1.65 bits per heavy atom. The highest BCUT2D eigenvalue weighted by molar-refractivity contribution is 5.47. The van der Waals surface area contributed by atoms with Gasteiger partial charge in [-0.1, -0.05) is 44.2 Å². The minimum atomic E-state index is -0.596. The second-order valence-corrected chi connectivity index (χ2v) is 5.67. The fourth-order valence-electron chi connectivity index (χ4n) is 2.87. The lowest BCUT2D eigenvalue weighted by molar-refractivity contribution is 0.151. The average molecular weight is 315 g/mol. The van der Waals surface area contributed by atoms with Gasteiger partial charge in [-0.15, -0.1) is 0 Å². The molecule has 0 fully saturated rings. The summed E-state index contributed by atoms with van der Waals surface area (Å²) in [5.74, 6) is -0.237. The van der Waals surface area contributed by atoms with Crippen LogP contribution < -0.4 is 5.32 Å². The van der Waals surface area contributed by atoms with Gasteiger partial charge in [0.05, 0.1) is 6.10 Å². The van der Waals surface area contributed by atoms with Crippen LogP contribution in [0, 0.1) is 0 Å². The fourth-order valence-corrected chi connectivity index (χ4v) is 2.87. The minimum absolute atomic E-state index is 0.100. The number of phenolic OH excluding ortho intramolecular Hbond substituents is 2. The van der Waals surface area contributed by atoms with Crippen LogP contribution in [0.4, 0.5) is 0 Å². The number of hydrogen-bond acceptors (Lipinski definition) is 4. The van der Waals surface area contributed by atoms with E-state index >= 15 is 0 Å². The summed E-state index contributed by atoms with van der Waals surface area (Å²) in [6.07, 6.45) is 0.641. The molecule has 23 heavy (non-hydrogen) atoms. The van der Waals surface area contributed by atoms with E-state index in [-0.39, 0.29) is 17.5 Å². The summed E-state index contributed by atoms with van der Waals surface area (Å²) in [4.78, 5) is 0.